The van der Waals surface area contributed by atoms with E-state index in [1.54, 1.807) is 19.2 Å². The number of methoxy groups -OCH3 is 1. The van der Waals surface area contributed by atoms with Gasteiger partial charge in [0.05, 0.1) is 16.7 Å². The summed E-state index contributed by atoms with van der Waals surface area (Å²) in [5.74, 6) is -0.281. The molecule has 2 unspecified atom stereocenters. The van der Waals surface area contributed by atoms with Gasteiger partial charge in [0.2, 0.25) is 0 Å². The van der Waals surface area contributed by atoms with E-state index in [4.69, 9.17) is 4.74 Å². The number of rotatable bonds is 6. The van der Waals surface area contributed by atoms with Crippen molar-refractivity contribution in [3.63, 3.8) is 0 Å². The molecule has 2 nitrogen and oxygen atoms in total. The SMILES string of the molecule is COC(C)CCC(O)Cc1ccc(F)c(Br)c1. The van der Waals surface area contributed by atoms with E-state index in [0.29, 0.717) is 17.3 Å². The van der Waals surface area contributed by atoms with Gasteiger partial charge in [-0.2, -0.15) is 0 Å². The van der Waals surface area contributed by atoms with Crippen LogP contribution in [0, 0.1) is 5.82 Å². The third-order valence-electron chi connectivity index (χ3n) is 2.76. The van der Waals surface area contributed by atoms with Crippen molar-refractivity contribution in [2.75, 3.05) is 7.11 Å². The second-order valence-corrected chi connectivity index (χ2v) is 5.08. The summed E-state index contributed by atoms with van der Waals surface area (Å²) in [5, 5.41) is 9.84. The first-order valence-corrected chi connectivity index (χ1v) is 6.47. The van der Waals surface area contributed by atoms with E-state index in [1.807, 2.05) is 6.92 Å². The van der Waals surface area contributed by atoms with Crippen LogP contribution in [0.1, 0.15) is 25.3 Å². The summed E-state index contributed by atoms with van der Waals surface area (Å²) in [7, 11) is 1.66. The number of aliphatic hydroxyl groups excluding tert-OH is 1. The molecule has 1 rings (SSSR count). The lowest BCUT2D eigenvalue weighted by atomic mass is 10.0. The van der Waals surface area contributed by atoms with Gasteiger partial charge in [-0.15, -0.1) is 0 Å². The van der Waals surface area contributed by atoms with Crippen molar-refractivity contribution >= 4 is 15.9 Å². The zero-order valence-corrected chi connectivity index (χ0v) is 11.7. The summed E-state index contributed by atoms with van der Waals surface area (Å²) in [6, 6.07) is 4.81. The van der Waals surface area contributed by atoms with E-state index in [1.165, 1.54) is 6.07 Å². The average molecular weight is 305 g/mol. The van der Waals surface area contributed by atoms with Gasteiger partial charge in [0.15, 0.2) is 0 Å². The van der Waals surface area contributed by atoms with Crippen LogP contribution in [0.25, 0.3) is 0 Å². The number of ether oxygens (including phenoxy) is 1. The summed E-state index contributed by atoms with van der Waals surface area (Å²) in [5.41, 5.74) is 0.927. The van der Waals surface area contributed by atoms with Gasteiger partial charge in [-0.05, 0) is 59.8 Å². The second-order valence-electron chi connectivity index (χ2n) is 4.23. The molecule has 0 amide bonds. The van der Waals surface area contributed by atoms with Crippen molar-refractivity contribution in [3.05, 3.63) is 34.1 Å². The Hall–Kier alpha value is -0.450. The lowest BCUT2D eigenvalue weighted by Crippen LogP contribution is -2.14. The molecule has 1 aromatic rings. The zero-order chi connectivity index (χ0) is 12.8. The van der Waals surface area contributed by atoms with Crippen LogP contribution in [0.2, 0.25) is 0 Å². The van der Waals surface area contributed by atoms with E-state index < -0.39 is 6.10 Å². The van der Waals surface area contributed by atoms with Gasteiger partial charge in [0, 0.05) is 7.11 Å². The standard InChI is InChI=1S/C13H18BrFO2/c1-9(17-2)3-5-11(16)7-10-4-6-13(15)12(14)8-10/h4,6,8-9,11,16H,3,5,7H2,1-2H3. The molecule has 0 aliphatic carbocycles. The van der Waals surface area contributed by atoms with Crippen LogP contribution in [0.15, 0.2) is 22.7 Å². The summed E-state index contributed by atoms with van der Waals surface area (Å²) in [6.45, 7) is 1.97. The number of hydrogen-bond acceptors (Lipinski definition) is 2. The smallest absolute Gasteiger partial charge is 0.137 e. The van der Waals surface area contributed by atoms with E-state index in [0.717, 1.165) is 12.0 Å². The first-order chi connectivity index (χ1) is 8.02. The van der Waals surface area contributed by atoms with Crippen LogP contribution in [0.3, 0.4) is 0 Å². The van der Waals surface area contributed by atoms with Crippen molar-refractivity contribution in [3.8, 4) is 0 Å². The molecule has 0 aliphatic heterocycles. The number of halogens is 2. The summed E-state index contributed by atoms with van der Waals surface area (Å²) in [4.78, 5) is 0. The second kappa shape index (κ2) is 7.09. The first kappa shape index (κ1) is 14.6. The molecule has 0 spiro atoms. The largest absolute Gasteiger partial charge is 0.393 e. The molecular weight excluding hydrogens is 287 g/mol. The Kier molecular flexibility index (Phi) is 6.09. The molecule has 0 heterocycles. The van der Waals surface area contributed by atoms with Crippen LogP contribution in [0.5, 0.6) is 0 Å². The van der Waals surface area contributed by atoms with Gasteiger partial charge in [0.25, 0.3) is 0 Å². The fourth-order valence-corrected chi connectivity index (χ4v) is 2.01. The Balaban J connectivity index is 2.44. The van der Waals surface area contributed by atoms with Crippen molar-refractivity contribution in [1.82, 2.24) is 0 Å². The molecule has 17 heavy (non-hydrogen) atoms. The first-order valence-electron chi connectivity index (χ1n) is 5.67. The molecule has 0 saturated carbocycles. The minimum absolute atomic E-state index is 0.157. The highest BCUT2D eigenvalue weighted by Crippen LogP contribution is 2.18. The Morgan fingerprint density at radius 1 is 1.41 bits per heavy atom. The maximum atomic E-state index is 13.0. The molecule has 0 saturated heterocycles. The van der Waals surface area contributed by atoms with Gasteiger partial charge < -0.3 is 9.84 Å². The van der Waals surface area contributed by atoms with E-state index >= 15 is 0 Å². The van der Waals surface area contributed by atoms with Crippen molar-refractivity contribution in [1.29, 1.82) is 0 Å². The van der Waals surface area contributed by atoms with Crippen LogP contribution in [0.4, 0.5) is 4.39 Å². The van der Waals surface area contributed by atoms with Crippen molar-refractivity contribution in [2.45, 2.75) is 38.4 Å². The fraction of sp³-hybridized carbons (Fsp3) is 0.538. The summed E-state index contributed by atoms with van der Waals surface area (Å²) >= 11 is 3.13. The molecule has 0 aromatic heterocycles. The summed E-state index contributed by atoms with van der Waals surface area (Å²) in [6.07, 6.45) is 1.79. The molecule has 1 N–H and O–H groups in total. The molecule has 0 bridgehead atoms. The van der Waals surface area contributed by atoms with Crippen LogP contribution in [-0.4, -0.2) is 24.4 Å². The molecule has 0 aliphatic rings. The highest BCUT2D eigenvalue weighted by Gasteiger charge is 2.09. The van der Waals surface area contributed by atoms with Crippen molar-refractivity contribution < 1.29 is 14.2 Å². The topological polar surface area (TPSA) is 29.5 Å². The molecule has 1 aromatic carbocycles. The Morgan fingerprint density at radius 2 is 2.12 bits per heavy atom. The molecular formula is C13H18BrFO2. The minimum atomic E-state index is -0.412. The maximum Gasteiger partial charge on any atom is 0.137 e. The molecule has 0 fully saturated rings. The number of hydrogen-bond donors (Lipinski definition) is 1. The maximum absolute atomic E-state index is 13.0. The Labute approximate surface area is 110 Å². The monoisotopic (exact) mass is 304 g/mol. The van der Waals surface area contributed by atoms with E-state index in [-0.39, 0.29) is 11.9 Å². The number of benzene rings is 1. The average Bonchev–Trinajstić information content (AvgIpc) is 2.31. The number of aliphatic hydroxyl groups is 1. The quantitative estimate of drug-likeness (QED) is 0.874. The Bertz CT molecular complexity index is 357. The van der Waals surface area contributed by atoms with Crippen molar-refractivity contribution in [2.24, 2.45) is 0 Å². The van der Waals surface area contributed by atoms with Gasteiger partial charge in [-0.3, -0.25) is 0 Å². The summed E-state index contributed by atoms with van der Waals surface area (Å²) < 4.78 is 18.6. The third kappa shape index (κ3) is 5.15. The predicted molar refractivity (Wildman–Crippen MR) is 69.5 cm³/mol. The van der Waals surface area contributed by atoms with Crippen LogP contribution >= 0.6 is 15.9 Å². The van der Waals surface area contributed by atoms with Gasteiger partial charge >= 0.3 is 0 Å². The minimum Gasteiger partial charge on any atom is -0.393 e. The Morgan fingerprint density at radius 3 is 2.71 bits per heavy atom. The van der Waals surface area contributed by atoms with Gasteiger partial charge in [-0.25, -0.2) is 4.39 Å². The molecule has 0 radical (unpaired) electrons. The predicted octanol–water partition coefficient (Wildman–Crippen LogP) is 3.31. The normalized spacial score (nSPS) is 14.6. The lowest BCUT2D eigenvalue weighted by molar-refractivity contribution is 0.0851. The zero-order valence-electron chi connectivity index (χ0n) is 10.1. The van der Waals surface area contributed by atoms with Gasteiger partial charge in [0.1, 0.15) is 5.82 Å². The van der Waals surface area contributed by atoms with E-state index in [9.17, 15) is 9.50 Å². The molecule has 2 atom stereocenters. The van der Waals surface area contributed by atoms with Crippen LogP contribution in [-0.2, 0) is 11.2 Å². The van der Waals surface area contributed by atoms with E-state index in [2.05, 4.69) is 15.9 Å². The molecule has 4 heteroatoms. The fourth-order valence-electron chi connectivity index (χ4n) is 1.59. The highest BCUT2D eigenvalue weighted by atomic mass is 79.9. The lowest BCUT2D eigenvalue weighted by Gasteiger charge is -2.14. The highest BCUT2D eigenvalue weighted by molar-refractivity contribution is 9.10. The molecule has 96 valence electrons. The van der Waals surface area contributed by atoms with Crippen LogP contribution < -0.4 is 0 Å². The van der Waals surface area contributed by atoms with Gasteiger partial charge in [-0.1, -0.05) is 6.07 Å². The third-order valence-corrected chi connectivity index (χ3v) is 3.37.